The molecule has 0 saturated carbocycles. The molecule has 1 aromatic carbocycles. The Kier molecular flexibility index (Phi) is 5.43. The van der Waals surface area contributed by atoms with Crippen molar-refractivity contribution in [2.45, 2.75) is 12.5 Å². The quantitative estimate of drug-likeness (QED) is 0.415. The fourth-order valence-electron chi connectivity index (χ4n) is 1.49. The van der Waals surface area contributed by atoms with Gasteiger partial charge < -0.3 is 5.73 Å². The highest BCUT2D eigenvalue weighted by molar-refractivity contribution is 5.93. The van der Waals surface area contributed by atoms with Crippen LogP contribution < -0.4 is 16.6 Å². The van der Waals surface area contributed by atoms with E-state index >= 15 is 0 Å². The van der Waals surface area contributed by atoms with Crippen molar-refractivity contribution in [1.82, 2.24) is 15.9 Å². The van der Waals surface area contributed by atoms with Crippen LogP contribution in [-0.2, 0) is 11.2 Å². The Morgan fingerprint density at radius 1 is 1.32 bits per heavy atom. The molecule has 0 aliphatic heterocycles. The van der Waals surface area contributed by atoms with Gasteiger partial charge in [-0.2, -0.15) is 0 Å². The molecule has 0 aromatic heterocycles. The Bertz CT molecular complexity index is 445. The molecule has 7 nitrogen and oxygen atoms in total. The van der Waals surface area contributed by atoms with Gasteiger partial charge >= 0.3 is 0 Å². The lowest BCUT2D eigenvalue weighted by Gasteiger charge is -2.12. The number of hydroxylamine groups is 1. The van der Waals surface area contributed by atoms with Gasteiger partial charge in [0, 0.05) is 19.7 Å². The number of carbonyl (C=O) groups is 2. The van der Waals surface area contributed by atoms with Crippen molar-refractivity contribution in [2.24, 2.45) is 5.73 Å². The molecule has 0 radical (unpaired) electrons. The van der Waals surface area contributed by atoms with Gasteiger partial charge in [0.25, 0.3) is 11.8 Å². The number of nitrogens with two attached hydrogens (primary N) is 1. The standard InChI is InChI=1S/C12H18N4O3/c1-16(2)14-11(17)9-5-3-8(4-6-9)7-10(13)12(18)15-19/h3-6,10,19H,7,13H2,1-2H3,(H,14,17)(H,15,18). The zero-order valence-corrected chi connectivity index (χ0v) is 10.9. The first-order valence-electron chi connectivity index (χ1n) is 5.71. The first-order chi connectivity index (χ1) is 8.93. The number of nitrogens with one attached hydrogen (secondary N) is 2. The van der Waals surface area contributed by atoms with Gasteiger partial charge in [0.2, 0.25) is 0 Å². The van der Waals surface area contributed by atoms with Gasteiger partial charge in [-0.1, -0.05) is 12.1 Å². The minimum absolute atomic E-state index is 0.214. The summed E-state index contributed by atoms with van der Waals surface area (Å²) >= 11 is 0. The predicted molar refractivity (Wildman–Crippen MR) is 69.2 cm³/mol. The number of nitrogens with zero attached hydrogens (tertiary/aromatic N) is 1. The summed E-state index contributed by atoms with van der Waals surface area (Å²) in [5.41, 5.74) is 11.0. The summed E-state index contributed by atoms with van der Waals surface area (Å²) in [6, 6.07) is 5.91. The van der Waals surface area contributed by atoms with Gasteiger partial charge in [0.15, 0.2) is 0 Å². The highest BCUT2D eigenvalue weighted by atomic mass is 16.5. The number of amides is 2. The van der Waals surface area contributed by atoms with Crippen molar-refractivity contribution in [2.75, 3.05) is 14.1 Å². The van der Waals surface area contributed by atoms with E-state index in [0.717, 1.165) is 5.56 Å². The largest absolute Gasteiger partial charge is 0.320 e. The maximum Gasteiger partial charge on any atom is 0.265 e. The molecule has 0 spiro atoms. The Labute approximate surface area is 111 Å². The minimum atomic E-state index is -0.827. The molecule has 0 heterocycles. The van der Waals surface area contributed by atoms with E-state index in [2.05, 4.69) is 5.43 Å². The first kappa shape index (κ1) is 15.1. The van der Waals surface area contributed by atoms with E-state index in [1.54, 1.807) is 43.4 Å². The van der Waals surface area contributed by atoms with Gasteiger partial charge in [-0.3, -0.25) is 20.2 Å². The summed E-state index contributed by atoms with van der Waals surface area (Å²) in [6.45, 7) is 0. The van der Waals surface area contributed by atoms with Crippen LogP contribution in [0.25, 0.3) is 0 Å². The number of benzene rings is 1. The first-order valence-corrected chi connectivity index (χ1v) is 5.71. The summed E-state index contributed by atoms with van der Waals surface area (Å²) in [5, 5.41) is 10.0. The molecule has 19 heavy (non-hydrogen) atoms. The fraction of sp³-hybridized carbons (Fsp3) is 0.333. The zero-order valence-electron chi connectivity index (χ0n) is 10.9. The zero-order chi connectivity index (χ0) is 14.4. The monoisotopic (exact) mass is 266 g/mol. The van der Waals surface area contributed by atoms with E-state index in [1.807, 2.05) is 0 Å². The second-order valence-corrected chi connectivity index (χ2v) is 4.32. The number of rotatable bonds is 5. The number of hydrogen-bond donors (Lipinski definition) is 4. The summed E-state index contributed by atoms with van der Waals surface area (Å²) in [7, 11) is 3.44. The summed E-state index contributed by atoms with van der Waals surface area (Å²) in [5.74, 6) is -0.858. The molecular formula is C12H18N4O3. The molecular weight excluding hydrogens is 248 g/mol. The Morgan fingerprint density at radius 3 is 2.37 bits per heavy atom. The number of hydrazine groups is 1. The minimum Gasteiger partial charge on any atom is -0.320 e. The van der Waals surface area contributed by atoms with E-state index in [4.69, 9.17) is 10.9 Å². The summed E-state index contributed by atoms with van der Waals surface area (Å²) in [4.78, 5) is 22.7. The van der Waals surface area contributed by atoms with Crippen molar-refractivity contribution in [3.63, 3.8) is 0 Å². The van der Waals surface area contributed by atoms with Crippen molar-refractivity contribution in [1.29, 1.82) is 0 Å². The van der Waals surface area contributed by atoms with Crippen LogP contribution in [0.5, 0.6) is 0 Å². The second kappa shape index (κ2) is 6.83. The van der Waals surface area contributed by atoms with Gasteiger partial charge in [0.1, 0.15) is 0 Å². The topological polar surface area (TPSA) is 108 Å². The molecule has 0 bridgehead atoms. The van der Waals surface area contributed by atoms with E-state index in [9.17, 15) is 9.59 Å². The lowest BCUT2D eigenvalue weighted by Crippen LogP contribution is -2.40. The van der Waals surface area contributed by atoms with Crippen LogP contribution in [0.4, 0.5) is 0 Å². The molecule has 0 aliphatic rings. The van der Waals surface area contributed by atoms with Gasteiger partial charge in [-0.05, 0) is 24.1 Å². The van der Waals surface area contributed by atoms with Gasteiger partial charge in [-0.25, -0.2) is 10.5 Å². The van der Waals surface area contributed by atoms with Crippen LogP contribution >= 0.6 is 0 Å². The predicted octanol–water partition coefficient (Wildman–Crippen LogP) is -0.732. The molecule has 1 unspecified atom stereocenters. The molecule has 2 amide bonds. The van der Waals surface area contributed by atoms with E-state index < -0.39 is 11.9 Å². The number of carbonyl (C=O) groups excluding carboxylic acids is 2. The smallest absolute Gasteiger partial charge is 0.265 e. The molecule has 0 fully saturated rings. The van der Waals surface area contributed by atoms with E-state index in [0.29, 0.717) is 5.56 Å². The van der Waals surface area contributed by atoms with Crippen molar-refractivity contribution in [3.8, 4) is 0 Å². The normalized spacial score (nSPS) is 12.1. The maximum atomic E-state index is 11.7. The Hall–Kier alpha value is -1.96. The molecule has 7 heteroatoms. The van der Waals surface area contributed by atoms with Crippen LogP contribution in [0.2, 0.25) is 0 Å². The van der Waals surface area contributed by atoms with Crippen molar-refractivity contribution >= 4 is 11.8 Å². The lowest BCUT2D eigenvalue weighted by molar-refractivity contribution is -0.130. The van der Waals surface area contributed by atoms with Crippen LogP contribution in [0, 0.1) is 0 Å². The van der Waals surface area contributed by atoms with Crippen LogP contribution in [0.1, 0.15) is 15.9 Å². The maximum absolute atomic E-state index is 11.7. The van der Waals surface area contributed by atoms with Crippen LogP contribution in [-0.4, -0.2) is 42.2 Å². The average molecular weight is 266 g/mol. The molecule has 0 saturated heterocycles. The fourth-order valence-corrected chi connectivity index (χ4v) is 1.49. The molecule has 0 aliphatic carbocycles. The summed E-state index contributed by atoms with van der Waals surface area (Å²) < 4.78 is 0. The lowest BCUT2D eigenvalue weighted by atomic mass is 10.0. The molecule has 1 aromatic rings. The number of hydrogen-bond acceptors (Lipinski definition) is 5. The third-order valence-electron chi connectivity index (χ3n) is 2.44. The van der Waals surface area contributed by atoms with Gasteiger partial charge in [-0.15, -0.1) is 0 Å². The summed E-state index contributed by atoms with van der Waals surface area (Å²) in [6.07, 6.45) is 0.280. The molecule has 104 valence electrons. The highest BCUT2D eigenvalue weighted by Crippen LogP contribution is 2.06. The highest BCUT2D eigenvalue weighted by Gasteiger charge is 2.13. The van der Waals surface area contributed by atoms with Crippen molar-refractivity contribution < 1.29 is 14.8 Å². The van der Waals surface area contributed by atoms with Crippen LogP contribution in [0.3, 0.4) is 0 Å². The molecule has 1 rings (SSSR count). The van der Waals surface area contributed by atoms with E-state index in [-0.39, 0.29) is 12.3 Å². The SMILES string of the molecule is CN(C)NC(=O)c1ccc(CC(N)C(=O)NO)cc1. The van der Waals surface area contributed by atoms with Gasteiger partial charge in [0.05, 0.1) is 6.04 Å². The van der Waals surface area contributed by atoms with Crippen LogP contribution in [0.15, 0.2) is 24.3 Å². The Morgan fingerprint density at radius 2 is 1.89 bits per heavy atom. The third-order valence-corrected chi connectivity index (χ3v) is 2.44. The molecule has 1 atom stereocenters. The van der Waals surface area contributed by atoms with E-state index in [1.165, 1.54) is 5.48 Å². The average Bonchev–Trinajstić information content (AvgIpc) is 2.37. The second-order valence-electron chi connectivity index (χ2n) is 4.32. The van der Waals surface area contributed by atoms with Crippen molar-refractivity contribution in [3.05, 3.63) is 35.4 Å². The Balaban J connectivity index is 2.66. The third kappa shape index (κ3) is 4.66. The molecule has 5 N–H and O–H groups in total.